The second-order valence-electron chi connectivity index (χ2n) is 6.13. The summed E-state index contributed by atoms with van der Waals surface area (Å²) in [6.45, 7) is 1.16. The van der Waals surface area contributed by atoms with Crippen molar-refractivity contribution in [1.29, 1.82) is 0 Å². The van der Waals surface area contributed by atoms with Gasteiger partial charge in [-0.25, -0.2) is 4.79 Å². The van der Waals surface area contributed by atoms with Crippen molar-refractivity contribution in [2.24, 2.45) is 0 Å². The van der Waals surface area contributed by atoms with Crippen molar-refractivity contribution in [3.05, 3.63) is 47.9 Å². The van der Waals surface area contributed by atoms with Crippen LogP contribution in [-0.4, -0.2) is 46.3 Å². The highest BCUT2D eigenvalue weighted by atomic mass is 16.5. The molecule has 27 heavy (non-hydrogen) atoms. The lowest BCUT2D eigenvalue weighted by Crippen LogP contribution is -3.10. The van der Waals surface area contributed by atoms with E-state index in [2.05, 4.69) is 10.6 Å². The Labute approximate surface area is 158 Å². The number of quaternary nitrogens is 1. The monoisotopic (exact) mass is 376 g/mol. The summed E-state index contributed by atoms with van der Waals surface area (Å²) in [4.78, 5) is 24.7. The van der Waals surface area contributed by atoms with Crippen molar-refractivity contribution in [3.63, 3.8) is 0 Å². The Hall–Kier alpha value is -3.00. The molecule has 2 rings (SSSR count). The van der Waals surface area contributed by atoms with Gasteiger partial charge in [-0.05, 0) is 29.8 Å². The average molecular weight is 376 g/mol. The van der Waals surface area contributed by atoms with Crippen LogP contribution in [0.3, 0.4) is 0 Å². The van der Waals surface area contributed by atoms with E-state index in [0.29, 0.717) is 17.3 Å². The van der Waals surface area contributed by atoms with Crippen LogP contribution >= 0.6 is 0 Å². The van der Waals surface area contributed by atoms with E-state index in [9.17, 15) is 9.59 Å². The van der Waals surface area contributed by atoms with E-state index in [1.165, 1.54) is 6.26 Å². The fraction of sp³-hybridized carbons (Fsp3) is 0.368. The first-order valence-corrected chi connectivity index (χ1v) is 8.64. The van der Waals surface area contributed by atoms with Crippen LogP contribution in [0.5, 0.6) is 11.5 Å². The van der Waals surface area contributed by atoms with Gasteiger partial charge in [0.1, 0.15) is 5.76 Å². The maximum atomic E-state index is 12.0. The first kappa shape index (κ1) is 20.3. The molecule has 0 aliphatic rings. The van der Waals surface area contributed by atoms with Gasteiger partial charge in [0.2, 0.25) is 0 Å². The van der Waals surface area contributed by atoms with Crippen molar-refractivity contribution in [2.75, 3.05) is 34.4 Å². The Morgan fingerprint density at radius 1 is 1.15 bits per heavy atom. The summed E-state index contributed by atoms with van der Waals surface area (Å²) in [5, 5.41) is 4.89. The number of carbonyl (C=O) groups excluding carboxylic acids is 2. The predicted octanol–water partition coefficient (Wildman–Crippen LogP) is 0.380. The molecule has 8 heteroatoms. The highest BCUT2D eigenvalue weighted by Crippen LogP contribution is 2.27. The van der Waals surface area contributed by atoms with E-state index in [-0.39, 0.29) is 19.0 Å². The van der Waals surface area contributed by atoms with Crippen LogP contribution in [0.4, 0.5) is 4.79 Å². The van der Waals surface area contributed by atoms with Crippen LogP contribution in [-0.2, 0) is 17.8 Å². The number of methoxy groups -OCH3 is 2. The van der Waals surface area contributed by atoms with E-state index in [1.54, 1.807) is 26.4 Å². The van der Waals surface area contributed by atoms with Gasteiger partial charge in [-0.3, -0.25) is 10.1 Å². The van der Waals surface area contributed by atoms with Crippen LogP contribution < -0.4 is 25.0 Å². The first-order valence-electron chi connectivity index (χ1n) is 8.64. The molecule has 8 nitrogen and oxygen atoms in total. The second-order valence-corrected chi connectivity index (χ2v) is 6.13. The topological polar surface area (TPSA) is 94.2 Å². The third-order valence-electron chi connectivity index (χ3n) is 4.01. The Bertz CT molecular complexity index is 746. The van der Waals surface area contributed by atoms with E-state index >= 15 is 0 Å². The van der Waals surface area contributed by atoms with Gasteiger partial charge in [-0.2, -0.15) is 0 Å². The fourth-order valence-electron chi connectivity index (χ4n) is 2.55. The number of hydrogen-bond acceptors (Lipinski definition) is 5. The zero-order chi connectivity index (χ0) is 19.6. The van der Waals surface area contributed by atoms with Crippen LogP contribution in [0.15, 0.2) is 41.0 Å². The second kappa shape index (κ2) is 10.2. The lowest BCUT2D eigenvalue weighted by molar-refractivity contribution is -0.870. The number of hydrogen-bond donors (Lipinski definition) is 3. The van der Waals surface area contributed by atoms with E-state index in [1.807, 2.05) is 25.2 Å². The molecular weight excluding hydrogens is 350 g/mol. The number of amides is 3. The van der Waals surface area contributed by atoms with Gasteiger partial charge in [-0.15, -0.1) is 0 Å². The van der Waals surface area contributed by atoms with Gasteiger partial charge < -0.3 is 24.1 Å². The maximum Gasteiger partial charge on any atom is 0.321 e. The standard InChI is InChI=1S/C19H25N3O5/c1-22(9-8-14-6-7-16(25-2)17(11-14)26-3)13-18(23)21-19(24)20-12-15-5-4-10-27-15/h4-7,10-11H,8-9,12-13H2,1-3H3,(H2,20,21,23,24)/p+1. The van der Waals surface area contributed by atoms with Crippen molar-refractivity contribution in [3.8, 4) is 11.5 Å². The molecule has 0 saturated carbocycles. The molecule has 0 aliphatic heterocycles. The van der Waals surface area contributed by atoms with Gasteiger partial charge in [0.15, 0.2) is 18.0 Å². The number of furan rings is 1. The molecule has 2 aromatic rings. The Balaban J connectivity index is 1.72. The molecule has 0 spiro atoms. The summed E-state index contributed by atoms with van der Waals surface area (Å²) in [7, 11) is 5.10. The third-order valence-corrected chi connectivity index (χ3v) is 4.01. The van der Waals surface area contributed by atoms with Crippen molar-refractivity contribution in [2.45, 2.75) is 13.0 Å². The molecule has 1 aromatic carbocycles. The summed E-state index contributed by atoms with van der Waals surface area (Å²) in [6.07, 6.45) is 2.29. The van der Waals surface area contributed by atoms with Crippen molar-refractivity contribution in [1.82, 2.24) is 10.6 Å². The molecule has 146 valence electrons. The molecule has 3 amide bonds. The zero-order valence-corrected chi connectivity index (χ0v) is 15.8. The lowest BCUT2D eigenvalue weighted by atomic mass is 10.1. The summed E-state index contributed by atoms with van der Waals surface area (Å²) in [6, 6.07) is 8.69. The summed E-state index contributed by atoms with van der Waals surface area (Å²) in [5.74, 6) is 1.65. The zero-order valence-electron chi connectivity index (χ0n) is 15.8. The molecule has 1 atom stereocenters. The first-order chi connectivity index (χ1) is 13.0. The minimum Gasteiger partial charge on any atom is -0.493 e. The molecule has 1 aromatic heterocycles. The molecule has 0 aliphatic carbocycles. The quantitative estimate of drug-likeness (QED) is 0.588. The van der Waals surface area contributed by atoms with Crippen LogP contribution in [0.2, 0.25) is 0 Å². The highest BCUT2D eigenvalue weighted by Gasteiger charge is 2.14. The Morgan fingerprint density at radius 2 is 1.93 bits per heavy atom. The van der Waals surface area contributed by atoms with Crippen LogP contribution in [0.1, 0.15) is 11.3 Å². The molecule has 1 heterocycles. The Morgan fingerprint density at radius 3 is 2.59 bits per heavy atom. The van der Waals surface area contributed by atoms with Crippen molar-refractivity contribution < 1.29 is 28.4 Å². The SMILES string of the molecule is COc1ccc(CC[NH+](C)CC(=O)NC(=O)NCc2ccco2)cc1OC. The largest absolute Gasteiger partial charge is 0.493 e. The number of ether oxygens (including phenoxy) is 2. The Kier molecular flexibility index (Phi) is 7.69. The van der Waals surface area contributed by atoms with Gasteiger partial charge >= 0.3 is 6.03 Å². The van der Waals surface area contributed by atoms with Crippen LogP contribution in [0.25, 0.3) is 0 Å². The number of benzene rings is 1. The summed E-state index contributed by atoms with van der Waals surface area (Å²) < 4.78 is 15.6. The predicted molar refractivity (Wildman–Crippen MR) is 99.0 cm³/mol. The number of urea groups is 1. The number of rotatable bonds is 9. The maximum absolute atomic E-state index is 12.0. The van der Waals surface area contributed by atoms with Gasteiger partial charge in [-0.1, -0.05) is 6.07 Å². The number of likely N-dealkylation sites (N-methyl/N-ethyl adjacent to an activating group) is 1. The molecule has 0 bridgehead atoms. The average Bonchev–Trinajstić information content (AvgIpc) is 3.18. The van der Waals surface area contributed by atoms with Gasteiger partial charge in [0.25, 0.3) is 5.91 Å². The minimum atomic E-state index is -0.538. The summed E-state index contributed by atoms with van der Waals surface area (Å²) >= 11 is 0. The smallest absolute Gasteiger partial charge is 0.321 e. The third kappa shape index (κ3) is 6.67. The van der Waals surface area contributed by atoms with Crippen LogP contribution in [0, 0.1) is 0 Å². The van der Waals surface area contributed by atoms with Crippen molar-refractivity contribution >= 4 is 11.9 Å². The fourth-order valence-corrected chi connectivity index (χ4v) is 2.55. The number of carbonyl (C=O) groups is 2. The number of nitrogens with one attached hydrogen (secondary N) is 3. The molecule has 0 saturated heterocycles. The van der Waals surface area contributed by atoms with Gasteiger partial charge in [0, 0.05) is 6.42 Å². The number of imide groups is 1. The molecular formula is C19H26N3O5+. The van der Waals surface area contributed by atoms with E-state index < -0.39 is 6.03 Å². The molecule has 3 N–H and O–H groups in total. The lowest BCUT2D eigenvalue weighted by Gasteiger charge is -2.14. The highest BCUT2D eigenvalue weighted by molar-refractivity contribution is 5.94. The normalized spacial score (nSPS) is 11.5. The van der Waals surface area contributed by atoms with Gasteiger partial charge in [0.05, 0.1) is 40.6 Å². The molecule has 1 unspecified atom stereocenters. The minimum absolute atomic E-state index is 0.196. The van der Waals surface area contributed by atoms with E-state index in [0.717, 1.165) is 23.4 Å². The summed E-state index contributed by atoms with van der Waals surface area (Å²) in [5.41, 5.74) is 1.09. The molecule has 0 fully saturated rings. The molecule has 0 radical (unpaired) electrons. The van der Waals surface area contributed by atoms with E-state index in [4.69, 9.17) is 13.9 Å².